The molecule has 0 aromatic carbocycles. The van der Waals surface area contributed by atoms with Crippen molar-refractivity contribution in [2.24, 2.45) is 0 Å². The van der Waals surface area contributed by atoms with Crippen LogP contribution in [0.3, 0.4) is 0 Å². The molecule has 3 nitrogen and oxygen atoms in total. The van der Waals surface area contributed by atoms with Crippen LogP contribution in [0, 0.1) is 0 Å². The number of aromatic nitrogens is 1. The predicted octanol–water partition coefficient (Wildman–Crippen LogP) is -0.136. The van der Waals surface area contributed by atoms with Gasteiger partial charge in [-0.05, 0) is 0 Å². The zero-order valence-corrected chi connectivity index (χ0v) is 5.49. The molecule has 0 aliphatic heterocycles. The molecule has 9 heavy (non-hydrogen) atoms. The van der Waals surface area contributed by atoms with E-state index in [1.54, 1.807) is 6.07 Å². The van der Waals surface area contributed by atoms with E-state index in [1.165, 1.54) is 12.3 Å². The normalized spacial score (nSPS) is 9.44. The van der Waals surface area contributed by atoms with Crippen LogP contribution in [0.15, 0.2) is 23.1 Å². The fourth-order valence-corrected chi connectivity index (χ4v) is 0.675. The number of hydrogen-bond donors (Lipinski definition) is 1. The van der Waals surface area contributed by atoms with Gasteiger partial charge in [0.05, 0.1) is 0 Å². The first-order valence-electron chi connectivity index (χ1n) is 2.27. The summed E-state index contributed by atoms with van der Waals surface area (Å²) in [5.41, 5.74) is -0.475. The van der Waals surface area contributed by atoms with E-state index >= 15 is 0 Å². The van der Waals surface area contributed by atoms with Crippen molar-refractivity contribution in [3.63, 3.8) is 0 Å². The Morgan fingerprint density at radius 2 is 2.33 bits per heavy atom. The van der Waals surface area contributed by atoms with E-state index in [4.69, 9.17) is 5.11 Å². The van der Waals surface area contributed by atoms with Crippen LogP contribution < -0.4 is 5.56 Å². The fourth-order valence-electron chi connectivity index (χ4n) is 0.453. The molecule has 0 radical (unpaired) electrons. The zero-order chi connectivity index (χ0) is 6.85. The summed E-state index contributed by atoms with van der Waals surface area (Å²) in [6.07, 6.45) is 1.47. The Bertz CT molecular complexity index is 245. The summed E-state index contributed by atoms with van der Waals surface area (Å²) in [5, 5.41) is 8.73. The zero-order valence-electron chi connectivity index (χ0n) is 4.39. The van der Waals surface area contributed by atoms with Crippen molar-refractivity contribution in [2.75, 3.05) is 0 Å². The van der Waals surface area contributed by atoms with Crippen LogP contribution in [0.5, 0.6) is 5.75 Å². The molecule has 1 aromatic rings. The van der Waals surface area contributed by atoms with Gasteiger partial charge in [-0.25, -0.2) is 0 Å². The molecule has 0 atom stereocenters. The van der Waals surface area contributed by atoms with Crippen molar-refractivity contribution < 1.29 is 21.3 Å². The van der Waals surface area contributed by atoms with Crippen molar-refractivity contribution >= 4 is 0 Å². The van der Waals surface area contributed by atoms with Gasteiger partial charge >= 0.3 is 59.4 Å². The van der Waals surface area contributed by atoms with Crippen molar-refractivity contribution in [2.45, 2.75) is 0 Å². The average Bonchev–Trinajstić information content (AvgIpc) is 1.83. The van der Waals surface area contributed by atoms with Crippen LogP contribution in [-0.2, 0) is 16.2 Å². The number of hydrogen-bond acceptors (Lipinski definition) is 2. The standard InChI is InChI=1S/C5H5NO2.Fe/c7-4-2-1-3-6-5(4)8;/h1-3H,(H2,6,7,8);/q;+1/p-1. The Morgan fingerprint density at radius 1 is 1.67 bits per heavy atom. The van der Waals surface area contributed by atoms with Gasteiger partial charge in [0.1, 0.15) is 0 Å². The molecule has 49 valence electrons. The Labute approximate surface area is 60.0 Å². The van der Waals surface area contributed by atoms with Crippen LogP contribution >= 0.6 is 0 Å². The summed E-state index contributed by atoms with van der Waals surface area (Å²) in [6, 6.07) is 2.87. The van der Waals surface area contributed by atoms with Gasteiger partial charge in [-0.3, -0.25) is 0 Å². The predicted molar refractivity (Wildman–Crippen MR) is 27.8 cm³/mol. The molecule has 1 heterocycles. The van der Waals surface area contributed by atoms with Crippen LogP contribution in [0.25, 0.3) is 0 Å². The summed E-state index contributed by atoms with van der Waals surface area (Å²) in [6.45, 7) is 0. The SMILES string of the molecule is O=c1c(O)ccc[n]1[Fe]. The first-order valence-corrected chi connectivity index (χ1v) is 2.77. The van der Waals surface area contributed by atoms with Gasteiger partial charge in [0.25, 0.3) is 0 Å². The summed E-state index contributed by atoms with van der Waals surface area (Å²) >= 11 is 3.33. The summed E-state index contributed by atoms with van der Waals surface area (Å²) < 4.78 is 1.06. The Kier molecular flexibility index (Phi) is 1.60. The second-order valence-electron chi connectivity index (χ2n) is 1.50. The minimum atomic E-state index is -0.475. The molecule has 1 rings (SSSR count). The molecule has 0 spiro atoms. The van der Waals surface area contributed by atoms with Crippen molar-refractivity contribution in [3.05, 3.63) is 28.7 Å². The molecule has 0 unspecified atom stereocenters. The first kappa shape index (κ1) is 6.39. The second kappa shape index (κ2) is 2.25. The Morgan fingerprint density at radius 3 is 2.78 bits per heavy atom. The van der Waals surface area contributed by atoms with Gasteiger partial charge in [0.2, 0.25) is 0 Å². The fraction of sp³-hybridized carbons (Fsp3) is 0. The molecule has 0 bridgehead atoms. The summed E-state index contributed by atoms with van der Waals surface area (Å²) in [5.74, 6) is -0.271. The van der Waals surface area contributed by atoms with E-state index in [2.05, 4.69) is 16.2 Å². The quantitative estimate of drug-likeness (QED) is 0.545. The van der Waals surface area contributed by atoms with Gasteiger partial charge in [-0.15, -0.1) is 0 Å². The topological polar surface area (TPSA) is 42.2 Å². The summed E-state index contributed by atoms with van der Waals surface area (Å²) in [4.78, 5) is 10.6. The van der Waals surface area contributed by atoms with E-state index < -0.39 is 5.56 Å². The minimum absolute atomic E-state index is 0.271. The molecule has 0 aliphatic rings. The summed E-state index contributed by atoms with van der Waals surface area (Å²) in [7, 11) is 0. The average molecular weight is 166 g/mol. The van der Waals surface area contributed by atoms with E-state index in [0.717, 1.165) is 3.58 Å². The molecule has 1 N–H and O–H groups in total. The van der Waals surface area contributed by atoms with E-state index in [9.17, 15) is 4.79 Å². The Balaban J connectivity index is 3.43. The monoisotopic (exact) mass is 166 g/mol. The molecule has 0 amide bonds. The number of nitrogens with zero attached hydrogens (tertiary/aromatic N) is 1. The number of rotatable bonds is 0. The molecular formula is C5H4FeNO2. The molecule has 1 aromatic heterocycles. The molecule has 0 fully saturated rings. The maximum absolute atomic E-state index is 10.6. The van der Waals surface area contributed by atoms with Crippen LogP contribution in [-0.4, -0.2) is 8.69 Å². The molecule has 0 saturated heterocycles. The van der Waals surface area contributed by atoms with E-state index in [-0.39, 0.29) is 5.75 Å². The third-order valence-electron chi connectivity index (χ3n) is 0.876. The third kappa shape index (κ3) is 1.15. The van der Waals surface area contributed by atoms with Gasteiger partial charge in [0.15, 0.2) is 0 Å². The van der Waals surface area contributed by atoms with Crippen LogP contribution in [0.2, 0.25) is 0 Å². The van der Waals surface area contributed by atoms with E-state index in [1.807, 2.05) is 0 Å². The third-order valence-corrected chi connectivity index (χ3v) is 1.26. The molecular weight excluding hydrogens is 162 g/mol. The van der Waals surface area contributed by atoms with Crippen LogP contribution in [0.4, 0.5) is 0 Å². The van der Waals surface area contributed by atoms with Gasteiger partial charge in [0, 0.05) is 0 Å². The van der Waals surface area contributed by atoms with Gasteiger partial charge in [-0.1, -0.05) is 0 Å². The number of pyridine rings is 1. The first-order chi connectivity index (χ1) is 4.22. The molecule has 0 saturated carbocycles. The van der Waals surface area contributed by atoms with E-state index in [0.29, 0.717) is 0 Å². The van der Waals surface area contributed by atoms with Crippen molar-refractivity contribution in [1.82, 2.24) is 3.58 Å². The van der Waals surface area contributed by atoms with Gasteiger partial charge < -0.3 is 0 Å². The van der Waals surface area contributed by atoms with Crippen molar-refractivity contribution in [1.29, 1.82) is 0 Å². The molecule has 4 heteroatoms. The maximum atomic E-state index is 10.6. The van der Waals surface area contributed by atoms with Crippen molar-refractivity contribution in [3.8, 4) is 5.75 Å². The number of aromatic hydroxyl groups is 1. The molecule has 0 aliphatic carbocycles. The Hall–Kier alpha value is -0.731. The van der Waals surface area contributed by atoms with Crippen LogP contribution in [0.1, 0.15) is 0 Å². The second-order valence-corrected chi connectivity index (χ2v) is 2.03. The van der Waals surface area contributed by atoms with Gasteiger partial charge in [-0.2, -0.15) is 0 Å².